The Morgan fingerprint density at radius 1 is 1.17 bits per heavy atom. The summed E-state index contributed by atoms with van der Waals surface area (Å²) in [6, 6.07) is 12.3. The largest absolute Gasteiger partial charge is 0.352 e. The molecule has 1 heterocycles. The Morgan fingerprint density at radius 3 is 2.52 bits per heavy atom. The number of hydrogen-bond acceptors (Lipinski definition) is 2. The lowest BCUT2D eigenvalue weighted by atomic mass is 9.98. The summed E-state index contributed by atoms with van der Waals surface area (Å²) in [6.07, 6.45) is 2.72. The average molecular weight is 310 g/mol. The molecule has 3 nitrogen and oxygen atoms in total. The second-order valence-electron chi connectivity index (χ2n) is 6.44. The van der Waals surface area contributed by atoms with Crippen LogP contribution in [-0.2, 0) is 0 Å². The van der Waals surface area contributed by atoms with Gasteiger partial charge in [-0.2, -0.15) is 0 Å². The van der Waals surface area contributed by atoms with E-state index in [1.165, 1.54) is 5.56 Å². The molecule has 0 aliphatic carbocycles. The predicted octanol–water partition coefficient (Wildman–Crippen LogP) is 4.44. The highest BCUT2D eigenvalue weighted by molar-refractivity contribution is 5.95. The molecule has 0 saturated carbocycles. The number of pyridine rings is 1. The van der Waals surface area contributed by atoms with Gasteiger partial charge in [0.15, 0.2) is 0 Å². The lowest BCUT2D eigenvalue weighted by Crippen LogP contribution is -2.26. The van der Waals surface area contributed by atoms with Gasteiger partial charge in [-0.3, -0.25) is 9.78 Å². The summed E-state index contributed by atoms with van der Waals surface area (Å²) in [5.41, 5.74) is 3.92. The fourth-order valence-corrected chi connectivity index (χ4v) is 2.55. The number of carbonyl (C=O) groups is 1. The third-order valence-corrected chi connectivity index (χ3v) is 4.19. The molecular weight excluding hydrogens is 284 g/mol. The van der Waals surface area contributed by atoms with Crippen LogP contribution in [0.15, 0.2) is 42.6 Å². The van der Waals surface area contributed by atoms with Crippen molar-refractivity contribution in [3.63, 3.8) is 0 Å². The molecule has 0 spiro atoms. The molecule has 0 bridgehead atoms. The normalized spacial score (nSPS) is 12.2. The number of benzene rings is 1. The number of aromatic nitrogens is 1. The second-order valence-corrected chi connectivity index (χ2v) is 6.44. The van der Waals surface area contributed by atoms with E-state index in [0.29, 0.717) is 18.4 Å². The molecular formula is C20H26N2O. The zero-order chi connectivity index (χ0) is 16.8. The zero-order valence-electron chi connectivity index (χ0n) is 14.5. The number of nitrogens with zero attached hydrogens (tertiary/aromatic N) is 1. The van der Waals surface area contributed by atoms with Crippen molar-refractivity contribution in [3.05, 3.63) is 65.0 Å². The first kappa shape index (κ1) is 17.2. The molecule has 122 valence electrons. The van der Waals surface area contributed by atoms with Gasteiger partial charge in [0.1, 0.15) is 0 Å². The van der Waals surface area contributed by atoms with Gasteiger partial charge in [-0.05, 0) is 42.4 Å². The van der Waals surface area contributed by atoms with Crippen molar-refractivity contribution in [1.82, 2.24) is 10.3 Å². The van der Waals surface area contributed by atoms with Gasteiger partial charge in [0.05, 0.1) is 0 Å². The van der Waals surface area contributed by atoms with Gasteiger partial charge in [0.2, 0.25) is 0 Å². The Bertz CT molecular complexity index is 650. The van der Waals surface area contributed by atoms with Crippen LogP contribution in [0.1, 0.15) is 66.2 Å². The fourth-order valence-electron chi connectivity index (χ4n) is 2.55. The van der Waals surface area contributed by atoms with Crippen molar-refractivity contribution >= 4 is 5.91 Å². The molecule has 1 aromatic carbocycles. The maximum atomic E-state index is 12.4. The summed E-state index contributed by atoms with van der Waals surface area (Å²) in [7, 11) is 0. The highest BCUT2D eigenvalue weighted by atomic mass is 16.1. The Labute approximate surface area is 139 Å². The van der Waals surface area contributed by atoms with Crippen molar-refractivity contribution in [2.75, 3.05) is 6.54 Å². The number of carbonyl (C=O) groups excluding carboxylic acids is 1. The molecule has 0 aliphatic heterocycles. The Balaban J connectivity index is 1.94. The van der Waals surface area contributed by atoms with Gasteiger partial charge >= 0.3 is 0 Å². The van der Waals surface area contributed by atoms with Crippen molar-refractivity contribution in [2.45, 2.75) is 46.0 Å². The molecule has 1 amide bonds. The number of aryl methyl sites for hydroxylation is 1. The van der Waals surface area contributed by atoms with E-state index in [2.05, 4.69) is 55.3 Å². The highest BCUT2D eigenvalue weighted by Crippen LogP contribution is 2.18. The first-order valence-electron chi connectivity index (χ1n) is 8.28. The molecule has 0 aliphatic rings. The SMILES string of the molecule is Cc1cnc(C(C)C)cc1C(=O)NCCC(C)c1ccccc1. The quantitative estimate of drug-likeness (QED) is 0.857. The molecule has 0 radical (unpaired) electrons. The topological polar surface area (TPSA) is 42.0 Å². The highest BCUT2D eigenvalue weighted by Gasteiger charge is 2.12. The van der Waals surface area contributed by atoms with Crippen LogP contribution < -0.4 is 5.32 Å². The Hall–Kier alpha value is -2.16. The van der Waals surface area contributed by atoms with Crippen LogP contribution in [0.25, 0.3) is 0 Å². The molecule has 23 heavy (non-hydrogen) atoms. The summed E-state index contributed by atoms with van der Waals surface area (Å²) in [5, 5.41) is 3.04. The van der Waals surface area contributed by atoms with Gasteiger partial charge in [0.25, 0.3) is 5.91 Å². The maximum Gasteiger partial charge on any atom is 0.251 e. The lowest BCUT2D eigenvalue weighted by molar-refractivity contribution is 0.0952. The first-order chi connectivity index (χ1) is 11.0. The van der Waals surface area contributed by atoms with E-state index >= 15 is 0 Å². The van der Waals surface area contributed by atoms with E-state index in [0.717, 1.165) is 23.2 Å². The van der Waals surface area contributed by atoms with Gasteiger partial charge in [0, 0.05) is 24.0 Å². The summed E-state index contributed by atoms with van der Waals surface area (Å²) in [4.78, 5) is 16.8. The minimum atomic E-state index is -0.00735. The average Bonchev–Trinajstić information content (AvgIpc) is 2.55. The van der Waals surface area contributed by atoms with Gasteiger partial charge in [-0.1, -0.05) is 51.1 Å². The van der Waals surface area contributed by atoms with Crippen LogP contribution in [-0.4, -0.2) is 17.4 Å². The molecule has 1 N–H and O–H groups in total. The maximum absolute atomic E-state index is 12.4. The molecule has 2 aromatic rings. The van der Waals surface area contributed by atoms with Crippen LogP contribution in [0.3, 0.4) is 0 Å². The molecule has 0 saturated heterocycles. The zero-order valence-corrected chi connectivity index (χ0v) is 14.5. The van der Waals surface area contributed by atoms with Crippen LogP contribution in [0.5, 0.6) is 0 Å². The summed E-state index contributed by atoms with van der Waals surface area (Å²) in [6.45, 7) is 8.96. The fraction of sp³-hybridized carbons (Fsp3) is 0.400. The van der Waals surface area contributed by atoms with E-state index in [1.54, 1.807) is 6.20 Å². The molecule has 1 aromatic heterocycles. The predicted molar refractivity (Wildman–Crippen MR) is 94.9 cm³/mol. The van der Waals surface area contributed by atoms with Crippen LogP contribution in [0, 0.1) is 6.92 Å². The number of amides is 1. The molecule has 0 fully saturated rings. The summed E-state index contributed by atoms with van der Waals surface area (Å²) < 4.78 is 0. The van der Waals surface area contributed by atoms with Crippen LogP contribution >= 0.6 is 0 Å². The van der Waals surface area contributed by atoms with Crippen molar-refractivity contribution in [1.29, 1.82) is 0 Å². The van der Waals surface area contributed by atoms with Gasteiger partial charge < -0.3 is 5.32 Å². The Morgan fingerprint density at radius 2 is 1.87 bits per heavy atom. The molecule has 2 rings (SSSR count). The minimum Gasteiger partial charge on any atom is -0.352 e. The number of hydrogen-bond donors (Lipinski definition) is 1. The van der Waals surface area contributed by atoms with Crippen molar-refractivity contribution < 1.29 is 4.79 Å². The summed E-state index contributed by atoms with van der Waals surface area (Å²) >= 11 is 0. The van der Waals surface area contributed by atoms with Crippen LogP contribution in [0.4, 0.5) is 0 Å². The third-order valence-electron chi connectivity index (χ3n) is 4.19. The first-order valence-corrected chi connectivity index (χ1v) is 8.28. The van der Waals surface area contributed by atoms with Crippen LogP contribution in [0.2, 0.25) is 0 Å². The molecule has 3 heteroatoms. The van der Waals surface area contributed by atoms with Gasteiger partial charge in [-0.15, -0.1) is 0 Å². The minimum absolute atomic E-state index is 0.00735. The van der Waals surface area contributed by atoms with Crippen molar-refractivity contribution in [3.8, 4) is 0 Å². The number of nitrogens with one attached hydrogen (secondary N) is 1. The lowest BCUT2D eigenvalue weighted by Gasteiger charge is -2.14. The third kappa shape index (κ3) is 4.65. The molecule has 1 atom stereocenters. The second kappa shape index (κ2) is 7.91. The Kier molecular flexibility index (Phi) is 5.91. The summed E-state index contributed by atoms with van der Waals surface area (Å²) in [5.74, 6) is 0.744. The van der Waals surface area contributed by atoms with E-state index < -0.39 is 0 Å². The van der Waals surface area contributed by atoms with Crippen molar-refractivity contribution in [2.24, 2.45) is 0 Å². The standard InChI is InChI=1S/C20H26N2O/c1-14(2)19-12-18(16(4)13-22-19)20(23)21-11-10-15(3)17-8-6-5-7-9-17/h5-9,12-15H,10-11H2,1-4H3,(H,21,23). The smallest absolute Gasteiger partial charge is 0.251 e. The van der Waals surface area contributed by atoms with E-state index in [-0.39, 0.29) is 5.91 Å². The molecule has 1 unspecified atom stereocenters. The van der Waals surface area contributed by atoms with E-state index in [9.17, 15) is 4.79 Å². The number of rotatable bonds is 6. The van der Waals surface area contributed by atoms with E-state index in [1.807, 2.05) is 19.1 Å². The van der Waals surface area contributed by atoms with E-state index in [4.69, 9.17) is 0 Å². The monoisotopic (exact) mass is 310 g/mol. The van der Waals surface area contributed by atoms with Gasteiger partial charge in [-0.25, -0.2) is 0 Å².